The first-order valence-electron chi connectivity index (χ1n) is 9.52. The predicted molar refractivity (Wildman–Crippen MR) is 105 cm³/mol. The van der Waals surface area contributed by atoms with Crippen molar-refractivity contribution in [3.63, 3.8) is 0 Å². The maximum atomic E-state index is 11.8. The molecule has 3 aliphatic rings. The SMILES string of the molecule is CC(C)(C)C1O[C@@H](c2ccc3c(c2Br)COC3=O)CN2CCN(C(=O)O)C[C@@H]12. The molecule has 0 saturated carbocycles. The van der Waals surface area contributed by atoms with E-state index in [9.17, 15) is 14.7 Å². The molecule has 7 nitrogen and oxygen atoms in total. The molecule has 1 N–H and O–H groups in total. The molecule has 1 amide bonds. The third kappa shape index (κ3) is 3.31. The van der Waals surface area contributed by atoms with Gasteiger partial charge in [0.15, 0.2) is 0 Å². The molecule has 0 bridgehead atoms. The van der Waals surface area contributed by atoms with E-state index in [0.29, 0.717) is 31.7 Å². The minimum absolute atomic E-state index is 0.0270. The summed E-state index contributed by atoms with van der Waals surface area (Å²) >= 11 is 3.67. The van der Waals surface area contributed by atoms with E-state index in [1.165, 1.54) is 4.90 Å². The minimum atomic E-state index is -0.875. The van der Waals surface area contributed by atoms with E-state index >= 15 is 0 Å². The van der Waals surface area contributed by atoms with Gasteiger partial charge in [0.05, 0.1) is 23.8 Å². The summed E-state index contributed by atoms with van der Waals surface area (Å²) < 4.78 is 12.6. The van der Waals surface area contributed by atoms with Crippen molar-refractivity contribution in [1.29, 1.82) is 0 Å². The van der Waals surface area contributed by atoms with Crippen LogP contribution in [-0.4, -0.2) is 65.3 Å². The van der Waals surface area contributed by atoms with Crippen LogP contribution in [0.3, 0.4) is 0 Å². The number of amides is 1. The number of rotatable bonds is 1. The molecule has 0 aromatic heterocycles. The fraction of sp³-hybridized carbons (Fsp3) is 0.600. The van der Waals surface area contributed by atoms with Gasteiger partial charge in [-0.25, -0.2) is 9.59 Å². The lowest BCUT2D eigenvalue weighted by Crippen LogP contribution is -2.65. The normalized spacial score (nSPS) is 27.9. The first-order valence-corrected chi connectivity index (χ1v) is 10.3. The third-order valence-electron chi connectivity index (χ3n) is 5.91. The Labute approximate surface area is 172 Å². The first-order chi connectivity index (χ1) is 13.2. The van der Waals surface area contributed by atoms with Crippen molar-refractivity contribution >= 4 is 28.0 Å². The van der Waals surface area contributed by atoms with Crippen molar-refractivity contribution in [1.82, 2.24) is 9.80 Å². The Bertz CT molecular complexity index is 822. The molecule has 4 rings (SSSR count). The molecule has 1 unspecified atom stereocenters. The lowest BCUT2D eigenvalue weighted by atomic mass is 9.81. The highest BCUT2D eigenvalue weighted by Crippen LogP contribution is 2.42. The molecule has 3 atom stereocenters. The largest absolute Gasteiger partial charge is 0.465 e. The van der Waals surface area contributed by atoms with Crippen LogP contribution >= 0.6 is 15.9 Å². The van der Waals surface area contributed by atoms with Crippen molar-refractivity contribution in [3.8, 4) is 0 Å². The molecule has 0 radical (unpaired) electrons. The van der Waals surface area contributed by atoms with Crippen molar-refractivity contribution in [2.24, 2.45) is 5.41 Å². The van der Waals surface area contributed by atoms with Gasteiger partial charge in [0.25, 0.3) is 0 Å². The lowest BCUT2D eigenvalue weighted by Gasteiger charge is -2.53. The number of fused-ring (bicyclic) bond motifs is 2. The van der Waals surface area contributed by atoms with E-state index in [0.717, 1.165) is 15.6 Å². The van der Waals surface area contributed by atoms with Gasteiger partial charge in [0, 0.05) is 36.2 Å². The fourth-order valence-electron chi connectivity index (χ4n) is 4.45. The molecular weight excluding hydrogens is 428 g/mol. The van der Waals surface area contributed by atoms with E-state index in [1.807, 2.05) is 12.1 Å². The van der Waals surface area contributed by atoms with E-state index < -0.39 is 6.09 Å². The average Bonchev–Trinajstić information content (AvgIpc) is 3.01. The summed E-state index contributed by atoms with van der Waals surface area (Å²) in [5, 5.41) is 9.42. The summed E-state index contributed by atoms with van der Waals surface area (Å²) in [6.07, 6.45) is -1.15. The quantitative estimate of drug-likeness (QED) is 0.658. The van der Waals surface area contributed by atoms with Gasteiger partial charge in [0.1, 0.15) is 6.61 Å². The van der Waals surface area contributed by atoms with Crippen molar-refractivity contribution < 1.29 is 24.2 Å². The second-order valence-corrected chi connectivity index (χ2v) is 9.57. The van der Waals surface area contributed by atoms with Crippen LogP contribution < -0.4 is 0 Å². The van der Waals surface area contributed by atoms with Gasteiger partial charge in [-0.3, -0.25) is 4.90 Å². The number of hydrogen-bond acceptors (Lipinski definition) is 5. The van der Waals surface area contributed by atoms with Crippen LogP contribution in [0.2, 0.25) is 0 Å². The Balaban J connectivity index is 1.65. The summed E-state index contributed by atoms with van der Waals surface area (Å²) in [6, 6.07) is 3.78. The van der Waals surface area contributed by atoms with Crippen LogP contribution in [0.5, 0.6) is 0 Å². The number of nitrogens with zero attached hydrogens (tertiary/aromatic N) is 2. The molecule has 3 aliphatic heterocycles. The summed E-state index contributed by atoms with van der Waals surface area (Å²) in [5.41, 5.74) is 2.33. The number of cyclic esters (lactones) is 1. The highest BCUT2D eigenvalue weighted by atomic mass is 79.9. The molecule has 3 heterocycles. The van der Waals surface area contributed by atoms with Gasteiger partial charge in [-0.2, -0.15) is 0 Å². The Morgan fingerprint density at radius 3 is 2.68 bits per heavy atom. The van der Waals surface area contributed by atoms with Crippen LogP contribution in [-0.2, 0) is 16.1 Å². The summed E-state index contributed by atoms with van der Waals surface area (Å²) in [4.78, 5) is 27.1. The Kier molecular flexibility index (Phi) is 4.92. The number of piperazine rings is 1. The Hall–Kier alpha value is -1.64. The topological polar surface area (TPSA) is 79.3 Å². The van der Waals surface area contributed by atoms with Crippen LogP contribution in [0.25, 0.3) is 0 Å². The fourth-order valence-corrected chi connectivity index (χ4v) is 5.16. The molecule has 1 aromatic rings. The summed E-state index contributed by atoms with van der Waals surface area (Å²) in [5.74, 6) is -0.288. The summed E-state index contributed by atoms with van der Waals surface area (Å²) in [6.45, 7) is 9.00. The number of carbonyl (C=O) groups is 2. The van der Waals surface area contributed by atoms with Gasteiger partial charge >= 0.3 is 12.1 Å². The van der Waals surface area contributed by atoms with Crippen molar-refractivity contribution in [2.75, 3.05) is 26.2 Å². The van der Waals surface area contributed by atoms with Gasteiger partial charge < -0.3 is 19.5 Å². The maximum absolute atomic E-state index is 11.8. The number of halogens is 1. The van der Waals surface area contributed by atoms with E-state index in [4.69, 9.17) is 9.47 Å². The van der Waals surface area contributed by atoms with Crippen molar-refractivity contribution in [2.45, 2.75) is 45.6 Å². The maximum Gasteiger partial charge on any atom is 0.407 e. The monoisotopic (exact) mass is 452 g/mol. The number of hydrogen-bond donors (Lipinski definition) is 1. The zero-order valence-electron chi connectivity index (χ0n) is 16.3. The second kappa shape index (κ2) is 7.00. The molecule has 1 aromatic carbocycles. The Morgan fingerprint density at radius 1 is 1.25 bits per heavy atom. The molecule has 0 aliphatic carbocycles. The molecular formula is C20H25BrN2O5. The average molecular weight is 453 g/mol. The predicted octanol–water partition coefficient (Wildman–Crippen LogP) is 3.27. The second-order valence-electron chi connectivity index (χ2n) is 8.77. The van der Waals surface area contributed by atoms with Crippen LogP contribution in [0.4, 0.5) is 4.79 Å². The van der Waals surface area contributed by atoms with Crippen LogP contribution in [0.15, 0.2) is 16.6 Å². The molecule has 2 fully saturated rings. The third-order valence-corrected chi connectivity index (χ3v) is 6.84. The van der Waals surface area contributed by atoms with Gasteiger partial charge in [-0.15, -0.1) is 0 Å². The van der Waals surface area contributed by atoms with Crippen LogP contribution in [0, 0.1) is 5.41 Å². The number of carboxylic acid groups (broad SMARTS) is 1. The van der Waals surface area contributed by atoms with Crippen LogP contribution in [0.1, 0.15) is 48.4 Å². The molecule has 8 heteroatoms. The number of ether oxygens (including phenoxy) is 2. The van der Waals surface area contributed by atoms with E-state index in [1.54, 1.807) is 0 Å². The van der Waals surface area contributed by atoms with Gasteiger partial charge in [-0.1, -0.05) is 26.8 Å². The highest BCUT2D eigenvalue weighted by Gasteiger charge is 2.46. The van der Waals surface area contributed by atoms with Gasteiger partial charge in [-0.05, 0) is 33.0 Å². The number of morpholine rings is 1. The van der Waals surface area contributed by atoms with E-state index in [-0.39, 0.29) is 36.2 Å². The highest BCUT2D eigenvalue weighted by molar-refractivity contribution is 9.10. The van der Waals surface area contributed by atoms with Gasteiger partial charge in [0.2, 0.25) is 0 Å². The smallest absolute Gasteiger partial charge is 0.407 e. The number of carbonyl (C=O) groups excluding carboxylic acids is 1. The number of esters is 1. The Morgan fingerprint density at radius 2 is 2.00 bits per heavy atom. The summed E-state index contributed by atoms with van der Waals surface area (Å²) in [7, 11) is 0. The standard InChI is InChI=1S/C20H25BrN2O5/c1-20(2,3)17-14-8-23(19(25)26)7-6-22(14)9-15(28-17)12-5-4-11-13(16(12)21)10-27-18(11)24/h4-5,14-15,17H,6-10H2,1-3H3,(H,25,26)/t14-,15+,17?/m0/s1. The number of benzene rings is 1. The zero-order chi connectivity index (χ0) is 20.2. The molecule has 0 spiro atoms. The molecule has 2 saturated heterocycles. The lowest BCUT2D eigenvalue weighted by molar-refractivity contribution is -0.173. The molecule has 152 valence electrons. The zero-order valence-corrected chi connectivity index (χ0v) is 17.9. The minimum Gasteiger partial charge on any atom is -0.465 e. The van der Waals surface area contributed by atoms with Crippen molar-refractivity contribution in [3.05, 3.63) is 33.3 Å². The first kappa shape index (κ1) is 19.7. The molecule has 28 heavy (non-hydrogen) atoms. The van der Waals surface area contributed by atoms with E-state index in [2.05, 4.69) is 41.6 Å².